The molecule has 0 aliphatic carbocycles. The normalized spacial score (nSPS) is 14.8. The highest BCUT2D eigenvalue weighted by Gasteiger charge is 2.29. The molecule has 0 saturated heterocycles. The molecule has 2 aromatic heterocycles. The molecule has 0 spiro atoms. The van der Waals surface area contributed by atoms with Crippen LogP contribution in [0.3, 0.4) is 0 Å². The van der Waals surface area contributed by atoms with E-state index in [1.54, 1.807) is 4.68 Å². The number of hydrogen-bond acceptors (Lipinski definition) is 6. The molecule has 2 aromatic rings. The predicted octanol–water partition coefficient (Wildman–Crippen LogP) is 1.38. The molecule has 110 valence electrons. The fourth-order valence-electron chi connectivity index (χ4n) is 1.77. The Labute approximate surface area is 118 Å². The molecule has 1 unspecified atom stereocenters. The molecule has 7 nitrogen and oxygen atoms in total. The monoisotopic (exact) mass is 279 g/mol. The van der Waals surface area contributed by atoms with Crippen molar-refractivity contribution in [3.05, 3.63) is 17.6 Å². The van der Waals surface area contributed by atoms with Crippen molar-refractivity contribution in [1.29, 1.82) is 0 Å². The van der Waals surface area contributed by atoms with Gasteiger partial charge in [-0.2, -0.15) is 10.1 Å². The molecule has 0 aliphatic rings. The van der Waals surface area contributed by atoms with Crippen LogP contribution in [0.15, 0.2) is 10.6 Å². The molecule has 2 N–H and O–H groups in total. The summed E-state index contributed by atoms with van der Waals surface area (Å²) in [5.41, 5.74) is 7.05. The molecule has 0 aromatic carbocycles. The lowest BCUT2D eigenvalue weighted by molar-refractivity contribution is 0.0410. The van der Waals surface area contributed by atoms with E-state index in [9.17, 15) is 0 Å². The summed E-state index contributed by atoms with van der Waals surface area (Å²) in [6, 6.07) is 1.88. The summed E-state index contributed by atoms with van der Waals surface area (Å²) in [7, 11) is 1.83. The Balaban J connectivity index is 2.22. The van der Waals surface area contributed by atoms with E-state index in [2.05, 4.69) is 15.2 Å². The van der Waals surface area contributed by atoms with E-state index < -0.39 is 5.54 Å². The van der Waals surface area contributed by atoms with Crippen molar-refractivity contribution in [2.24, 2.45) is 12.8 Å². The third-order valence-electron chi connectivity index (χ3n) is 2.87. The average Bonchev–Trinajstić information content (AvgIpc) is 2.93. The topological polar surface area (TPSA) is 92.0 Å². The summed E-state index contributed by atoms with van der Waals surface area (Å²) in [5, 5.41) is 8.21. The lowest BCUT2D eigenvalue weighted by Crippen LogP contribution is -2.40. The molecular formula is C13H21N5O2. The van der Waals surface area contributed by atoms with Crippen LogP contribution in [0.1, 0.15) is 32.3 Å². The Kier molecular flexibility index (Phi) is 3.92. The Morgan fingerprint density at radius 2 is 2.20 bits per heavy atom. The number of ether oxygens (including phenoxy) is 1. The van der Waals surface area contributed by atoms with E-state index in [4.69, 9.17) is 15.0 Å². The molecule has 7 heteroatoms. The van der Waals surface area contributed by atoms with Gasteiger partial charge in [0.15, 0.2) is 5.82 Å². The van der Waals surface area contributed by atoms with Gasteiger partial charge in [0.05, 0.1) is 18.4 Å². The SMILES string of the molecule is Cc1cc(-c2nc(C(C)(N)COC(C)C)no2)n(C)n1. The van der Waals surface area contributed by atoms with E-state index in [0.29, 0.717) is 18.3 Å². The highest BCUT2D eigenvalue weighted by atomic mass is 16.5. The first-order chi connectivity index (χ1) is 9.29. The smallest absolute Gasteiger partial charge is 0.276 e. The first-order valence-electron chi connectivity index (χ1n) is 6.55. The van der Waals surface area contributed by atoms with E-state index >= 15 is 0 Å². The van der Waals surface area contributed by atoms with Crippen molar-refractivity contribution < 1.29 is 9.26 Å². The van der Waals surface area contributed by atoms with Gasteiger partial charge in [-0.1, -0.05) is 5.16 Å². The zero-order valence-electron chi connectivity index (χ0n) is 12.5. The maximum atomic E-state index is 6.19. The number of aryl methyl sites for hydroxylation is 2. The maximum Gasteiger partial charge on any atom is 0.276 e. The molecule has 0 aliphatic heterocycles. The number of rotatable bonds is 5. The number of hydrogen-bond donors (Lipinski definition) is 1. The van der Waals surface area contributed by atoms with Gasteiger partial charge in [-0.05, 0) is 33.8 Å². The average molecular weight is 279 g/mol. The van der Waals surface area contributed by atoms with Crippen molar-refractivity contribution in [3.8, 4) is 11.6 Å². The minimum Gasteiger partial charge on any atom is -0.376 e. The number of nitrogens with zero attached hydrogens (tertiary/aromatic N) is 4. The van der Waals surface area contributed by atoms with Crippen LogP contribution in [-0.2, 0) is 17.3 Å². The first kappa shape index (κ1) is 14.7. The van der Waals surface area contributed by atoms with E-state index in [0.717, 1.165) is 11.4 Å². The highest BCUT2D eigenvalue weighted by Crippen LogP contribution is 2.22. The van der Waals surface area contributed by atoms with Gasteiger partial charge in [0.2, 0.25) is 0 Å². The number of aromatic nitrogens is 4. The van der Waals surface area contributed by atoms with Crippen molar-refractivity contribution in [2.45, 2.75) is 39.3 Å². The zero-order valence-corrected chi connectivity index (χ0v) is 12.5. The summed E-state index contributed by atoms with van der Waals surface area (Å²) in [6.07, 6.45) is 0.101. The minimum atomic E-state index is -0.792. The van der Waals surface area contributed by atoms with Gasteiger partial charge in [-0.25, -0.2) is 0 Å². The second-order valence-corrected chi connectivity index (χ2v) is 5.49. The maximum absolute atomic E-state index is 6.19. The molecule has 0 fully saturated rings. The van der Waals surface area contributed by atoms with Crippen molar-refractivity contribution >= 4 is 0 Å². The Morgan fingerprint density at radius 1 is 1.50 bits per heavy atom. The first-order valence-corrected chi connectivity index (χ1v) is 6.55. The Morgan fingerprint density at radius 3 is 2.75 bits per heavy atom. The third-order valence-corrected chi connectivity index (χ3v) is 2.87. The quantitative estimate of drug-likeness (QED) is 0.888. The minimum absolute atomic E-state index is 0.101. The van der Waals surface area contributed by atoms with Crippen molar-refractivity contribution in [2.75, 3.05) is 6.61 Å². The standard InChI is InChI=1S/C13H21N5O2/c1-8(2)19-7-13(4,14)12-15-11(20-17-12)10-6-9(3)16-18(10)5/h6,8H,7,14H2,1-5H3. The van der Waals surface area contributed by atoms with Crippen LogP contribution in [0.4, 0.5) is 0 Å². The van der Waals surface area contributed by atoms with E-state index in [1.807, 2.05) is 40.8 Å². The summed E-state index contributed by atoms with van der Waals surface area (Å²) in [4.78, 5) is 4.36. The van der Waals surface area contributed by atoms with E-state index in [1.165, 1.54) is 0 Å². The van der Waals surface area contributed by atoms with Crippen LogP contribution in [0.2, 0.25) is 0 Å². The van der Waals surface area contributed by atoms with Gasteiger partial charge >= 0.3 is 0 Å². The van der Waals surface area contributed by atoms with Crippen LogP contribution in [0, 0.1) is 6.92 Å². The molecule has 0 saturated carbocycles. The molecule has 0 bridgehead atoms. The van der Waals surface area contributed by atoms with Crippen LogP contribution in [0.25, 0.3) is 11.6 Å². The lowest BCUT2D eigenvalue weighted by atomic mass is 10.1. The zero-order chi connectivity index (χ0) is 14.9. The van der Waals surface area contributed by atoms with Gasteiger partial charge in [-0.3, -0.25) is 4.68 Å². The second-order valence-electron chi connectivity index (χ2n) is 5.49. The summed E-state index contributed by atoms with van der Waals surface area (Å²) < 4.78 is 12.5. The van der Waals surface area contributed by atoms with Gasteiger partial charge < -0.3 is 15.0 Å². The summed E-state index contributed by atoms with van der Waals surface area (Å²) in [6.45, 7) is 7.96. The summed E-state index contributed by atoms with van der Waals surface area (Å²) >= 11 is 0. The highest BCUT2D eigenvalue weighted by molar-refractivity contribution is 5.47. The molecule has 2 heterocycles. The second kappa shape index (κ2) is 5.34. The van der Waals surface area contributed by atoms with Gasteiger partial charge in [0.1, 0.15) is 11.2 Å². The molecule has 0 radical (unpaired) electrons. The third kappa shape index (κ3) is 3.05. The predicted molar refractivity (Wildman–Crippen MR) is 73.9 cm³/mol. The largest absolute Gasteiger partial charge is 0.376 e. The van der Waals surface area contributed by atoms with E-state index in [-0.39, 0.29) is 6.10 Å². The Hall–Kier alpha value is -1.73. The fraction of sp³-hybridized carbons (Fsp3) is 0.615. The van der Waals surface area contributed by atoms with Crippen molar-refractivity contribution in [3.63, 3.8) is 0 Å². The molecule has 1 atom stereocenters. The molecular weight excluding hydrogens is 258 g/mol. The Bertz CT molecular complexity index is 585. The fourth-order valence-corrected chi connectivity index (χ4v) is 1.77. The van der Waals surface area contributed by atoms with Crippen LogP contribution in [0.5, 0.6) is 0 Å². The van der Waals surface area contributed by atoms with Crippen LogP contribution in [-0.4, -0.2) is 32.6 Å². The van der Waals surface area contributed by atoms with Crippen molar-refractivity contribution in [1.82, 2.24) is 19.9 Å². The van der Waals surface area contributed by atoms with Gasteiger partial charge in [0, 0.05) is 7.05 Å². The van der Waals surface area contributed by atoms with Crippen LogP contribution >= 0.6 is 0 Å². The number of nitrogens with two attached hydrogens (primary N) is 1. The van der Waals surface area contributed by atoms with Crippen LogP contribution < -0.4 is 5.73 Å². The molecule has 20 heavy (non-hydrogen) atoms. The molecule has 0 amide bonds. The van der Waals surface area contributed by atoms with Gasteiger partial charge in [0.25, 0.3) is 5.89 Å². The van der Waals surface area contributed by atoms with Gasteiger partial charge in [-0.15, -0.1) is 0 Å². The lowest BCUT2D eigenvalue weighted by Gasteiger charge is -2.21. The molecule has 2 rings (SSSR count). The summed E-state index contributed by atoms with van der Waals surface area (Å²) in [5.74, 6) is 0.830.